The van der Waals surface area contributed by atoms with Crippen LogP contribution in [-0.2, 0) is 26.4 Å². The number of piperidine rings is 1. The second-order valence-electron chi connectivity index (χ2n) is 8.72. The molecule has 6 nitrogen and oxygen atoms in total. The number of carbonyl (C=O) groups excluding carboxylic acids is 1. The van der Waals surface area contributed by atoms with E-state index in [9.17, 15) is 4.79 Å². The van der Waals surface area contributed by atoms with Gasteiger partial charge in [0.25, 0.3) is 5.91 Å². The number of benzene rings is 1. The summed E-state index contributed by atoms with van der Waals surface area (Å²) in [5, 5.41) is 5.42. The molecule has 0 saturated carbocycles. The van der Waals surface area contributed by atoms with E-state index in [2.05, 4.69) is 10.00 Å². The van der Waals surface area contributed by atoms with Crippen LogP contribution in [-0.4, -0.2) is 57.8 Å². The van der Waals surface area contributed by atoms with Crippen LogP contribution >= 0.6 is 11.6 Å². The molecule has 160 valence electrons. The number of carbonyl (C=O) groups is 1. The Labute approximate surface area is 182 Å². The molecule has 2 aromatic rings. The zero-order chi connectivity index (χ0) is 20.7. The average Bonchev–Trinajstić information content (AvgIpc) is 2.95. The highest BCUT2D eigenvalue weighted by Crippen LogP contribution is 2.32. The van der Waals surface area contributed by atoms with E-state index in [0.717, 1.165) is 80.2 Å². The normalized spacial score (nSPS) is 22.1. The molecular weight excluding hydrogens is 400 g/mol. The molecule has 0 radical (unpaired) electrons. The van der Waals surface area contributed by atoms with E-state index in [-0.39, 0.29) is 5.91 Å². The van der Waals surface area contributed by atoms with Crippen LogP contribution in [0.5, 0.6) is 5.75 Å². The number of hydrogen-bond donors (Lipinski definition) is 0. The Kier molecular flexibility index (Phi) is 5.46. The quantitative estimate of drug-likeness (QED) is 0.735. The third-order valence-electron chi connectivity index (χ3n) is 6.82. The van der Waals surface area contributed by atoms with Crippen molar-refractivity contribution in [3.8, 4) is 5.75 Å². The van der Waals surface area contributed by atoms with Crippen LogP contribution in [0.4, 0.5) is 0 Å². The van der Waals surface area contributed by atoms with Gasteiger partial charge in [0.1, 0.15) is 12.4 Å². The highest BCUT2D eigenvalue weighted by Gasteiger charge is 2.33. The number of hydrogen-bond acceptors (Lipinski definition) is 4. The van der Waals surface area contributed by atoms with Gasteiger partial charge in [0.15, 0.2) is 5.69 Å². The summed E-state index contributed by atoms with van der Waals surface area (Å²) in [6.45, 7) is 4.08. The molecule has 1 fully saturated rings. The van der Waals surface area contributed by atoms with Gasteiger partial charge in [0.05, 0.1) is 0 Å². The third kappa shape index (κ3) is 3.71. The summed E-state index contributed by atoms with van der Waals surface area (Å²) in [4.78, 5) is 17.7. The van der Waals surface area contributed by atoms with Gasteiger partial charge in [-0.2, -0.15) is 5.10 Å². The largest absolute Gasteiger partial charge is 0.492 e. The lowest BCUT2D eigenvalue weighted by molar-refractivity contribution is 0.0715. The van der Waals surface area contributed by atoms with Crippen LogP contribution < -0.4 is 4.74 Å². The fourth-order valence-corrected chi connectivity index (χ4v) is 5.39. The summed E-state index contributed by atoms with van der Waals surface area (Å²) in [5.74, 6) is 1.05. The molecular formula is C23H29ClN4O2. The summed E-state index contributed by atoms with van der Waals surface area (Å²) >= 11 is 6.24. The first kappa shape index (κ1) is 19.9. The second-order valence-corrected chi connectivity index (χ2v) is 9.15. The standard InChI is InChI=1S/C23H29ClN4O2/c1-26-20-7-6-18(28-11-12-30-21-8-5-17(24)13-16(21)15-28)14-19(20)22(25-26)23(29)27-9-3-2-4-10-27/h5,8,13,18H,2-4,6-7,9-12,14-15H2,1H3. The van der Waals surface area contributed by atoms with Crippen molar-refractivity contribution in [1.29, 1.82) is 0 Å². The Morgan fingerprint density at radius 1 is 1.20 bits per heavy atom. The van der Waals surface area contributed by atoms with Crippen LogP contribution in [0.1, 0.15) is 53.0 Å². The Bertz CT molecular complexity index is 951. The molecule has 3 aliphatic rings. The zero-order valence-electron chi connectivity index (χ0n) is 17.6. The maximum Gasteiger partial charge on any atom is 0.274 e. The van der Waals surface area contributed by atoms with Gasteiger partial charge in [-0.05, 0) is 56.7 Å². The van der Waals surface area contributed by atoms with E-state index in [1.807, 2.05) is 34.8 Å². The summed E-state index contributed by atoms with van der Waals surface area (Å²) < 4.78 is 7.90. The van der Waals surface area contributed by atoms with Crippen molar-refractivity contribution >= 4 is 17.5 Å². The maximum absolute atomic E-state index is 13.2. The Hall–Kier alpha value is -2.05. The van der Waals surface area contributed by atoms with E-state index in [4.69, 9.17) is 16.3 Å². The molecule has 0 spiro atoms. The molecule has 1 saturated heterocycles. The highest BCUT2D eigenvalue weighted by molar-refractivity contribution is 6.30. The molecule has 1 atom stereocenters. The van der Waals surface area contributed by atoms with Gasteiger partial charge in [-0.15, -0.1) is 0 Å². The predicted molar refractivity (Wildman–Crippen MR) is 116 cm³/mol. The lowest BCUT2D eigenvalue weighted by Gasteiger charge is -2.33. The van der Waals surface area contributed by atoms with Gasteiger partial charge in [-0.1, -0.05) is 11.6 Å². The van der Waals surface area contributed by atoms with E-state index < -0.39 is 0 Å². The van der Waals surface area contributed by atoms with E-state index in [1.54, 1.807) is 0 Å². The molecule has 5 rings (SSSR count). The summed E-state index contributed by atoms with van der Waals surface area (Å²) in [5.41, 5.74) is 4.19. The van der Waals surface area contributed by atoms with E-state index in [1.165, 1.54) is 12.1 Å². The van der Waals surface area contributed by atoms with Crippen molar-refractivity contribution in [3.05, 3.63) is 45.7 Å². The zero-order valence-corrected chi connectivity index (χ0v) is 18.3. The Morgan fingerprint density at radius 2 is 2.03 bits per heavy atom. The summed E-state index contributed by atoms with van der Waals surface area (Å²) in [6, 6.07) is 6.25. The Morgan fingerprint density at radius 3 is 2.87 bits per heavy atom. The van der Waals surface area contributed by atoms with Crippen LogP contribution in [0, 0.1) is 0 Å². The number of halogens is 1. The van der Waals surface area contributed by atoms with Crippen molar-refractivity contribution in [2.45, 2.75) is 51.1 Å². The molecule has 0 N–H and O–H groups in total. The predicted octanol–water partition coefficient (Wildman–Crippen LogP) is 3.45. The van der Waals surface area contributed by atoms with Gasteiger partial charge in [0.2, 0.25) is 0 Å². The minimum atomic E-state index is 0.114. The molecule has 1 unspecified atom stereocenters. The topological polar surface area (TPSA) is 50.6 Å². The minimum absolute atomic E-state index is 0.114. The Balaban J connectivity index is 1.38. The second kappa shape index (κ2) is 8.23. The molecule has 2 aliphatic heterocycles. The smallest absolute Gasteiger partial charge is 0.274 e. The average molecular weight is 429 g/mol. The lowest BCUT2D eigenvalue weighted by Crippen LogP contribution is -2.41. The molecule has 7 heteroatoms. The first-order valence-corrected chi connectivity index (χ1v) is 11.5. The van der Waals surface area contributed by atoms with Crippen molar-refractivity contribution in [2.75, 3.05) is 26.2 Å². The fourth-order valence-electron chi connectivity index (χ4n) is 5.20. The van der Waals surface area contributed by atoms with E-state index in [0.29, 0.717) is 18.3 Å². The number of fused-ring (bicyclic) bond motifs is 2. The minimum Gasteiger partial charge on any atom is -0.492 e. The molecule has 1 aromatic heterocycles. The van der Waals surface area contributed by atoms with E-state index >= 15 is 0 Å². The molecule has 0 bridgehead atoms. The number of aromatic nitrogens is 2. The monoisotopic (exact) mass is 428 g/mol. The van der Waals surface area contributed by atoms with Gasteiger partial charge in [-0.3, -0.25) is 14.4 Å². The number of likely N-dealkylation sites (tertiary alicyclic amines) is 1. The molecule has 3 heterocycles. The van der Waals surface area contributed by atoms with Crippen LogP contribution in [0.25, 0.3) is 0 Å². The number of aryl methyl sites for hydroxylation is 1. The molecule has 1 aromatic carbocycles. The molecule has 1 aliphatic carbocycles. The highest BCUT2D eigenvalue weighted by atomic mass is 35.5. The number of amides is 1. The SMILES string of the molecule is Cn1nc(C(=O)N2CCCCC2)c2c1CCC(N1CCOc3ccc(Cl)cc3C1)C2. The first-order valence-electron chi connectivity index (χ1n) is 11.1. The maximum atomic E-state index is 13.2. The van der Waals surface area contributed by atoms with Crippen LogP contribution in [0.15, 0.2) is 18.2 Å². The number of ether oxygens (including phenoxy) is 1. The lowest BCUT2D eigenvalue weighted by atomic mass is 9.89. The van der Waals surface area contributed by atoms with Crippen LogP contribution in [0.2, 0.25) is 5.02 Å². The first-order chi connectivity index (χ1) is 14.6. The third-order valence-corrected chi connectivity index (χ3v) is 7.06. The van der Waals surface area contributed by atoms with Crippen molar-refractivity contribution in [2.24, 2.45) is 7.05 Å². The van der Waals surface area contributed by atoms with Gasteiger partial charge in [-0.25, -0.2) is 0 Å². The molecule has 30 heavy (non-hydrogen) atoms. The summed E-state index contributed by atoms with van der Waals surface area (Å²) in [6.07, 6.45) is 6.30. The number of rotatable bonds is 2. The van der Waals surface area contributed by atoms with Gasteiger partial charge in [0, 0.05) is 61.1 Å². The molecule has 1 amide bonds. The van der Waals surface area contributed by atoms with Gasteiger partial charge >= 0.3 is 0 Å². The summed E-state index contributed by atoms with van der Waals surface area (Å²) in [7, 11) is 1.98. The fraction of sp³-hybridized carbons (Fsp3) is 0.565. The van der Waals surface area contributed by atoms with Crippen molar-refractivity contribution < 1.29 is 9.53 Å². The van der Waals surface area contributed by atoms with Crippen LogP contribution in [0.3, 0.4) is 0 Å². The number of nitrogens with zero attached hydrogens (tertiary/aromatic N) is 4. The van der Waals surface area contributed by atoms with Crippen molar-refractivity contribution in [1.82, 2.24) is 19.6 Å². The van der Waals surface area contributed by atoms with Gasteiger partial charge < -0.3 is 9.64 Å². The van der Waals surface area contributed by atoms with Crippen molar-refractivity contribution in [3.63, 3.8) is 0 Å².